The van der Waals surface area contributed by atoms with Gasteiger partial charge in [0.1, 0.15) is 0 Å². The van der Waals surface area contributed by atoms with E-state index in [1.807, 2.05) is 0 Å². The van der Waals surface area contributed by atoms with Crippen LogP contribution in [0.2, 0.25) is 0 Å². The van der Waals surface area contributed by atoms with Crippen LogP contribution in [0.3, 0.4) is 0 Å². The van der Waals surface area contributed by atoms with Crippen molar-refractivity contribution in [3.63, 3.8) is 0 Å². The van der Waals surface area contributed by atoms with Crippen LogP contribution in [0.5, 0.6) is 0 Å². The summed E-state index contributed by atoms with van der Waals surface area (Å²) in [5.74, 6) is 0. The van der Waals surface area contributed by atoms with Gasteiger partial charge in [0.25, 0.3) is 0 Å². The first-order chi connectivity index (χ1) is 10.3. The predicted molar refractivity (Wildman–Crippen MR) is 88.4 cm³/mol. The Labute approximate surface area is 127 Å². The Morgan fingerprint density at radius 3 is 2.48 bits per heavy atom. The maximum Gasteiger partial charge on any atom is 0.0233 e. The molecule has 2 nitrogen and oxygen atoms in total. The Balaban J connectivity index is 1.48. The number of benzene rings is 2. The molecule has 2 aromatic carbocycles. The van der Waals surface area contributed by atoms with E-state index < -0.39 is 0 Å². The molecule has 2 fully saturated rings. The zero-order valence-electron chi connectivity index (χ0n) is 12.8. The SMILES string of the molecule is CN(Cc1ccc2ccccc2c1)C1CC2CCC(C1)N2. The van der Waals surface area contributed by atoms with Crippen LogP contribution in [-0.4, -0.2) is 30.1 Å². The lowest BCUT2D eigenvalue weighted by Crippen LogP contribution is -2.46. The topological polar surface area (TPSA) is 15.3 Å². The van der Waals surface area contributed by atoms with Gasteiger partial charge in [-0.2, -0.15) is 0 Å². The van der Waals surface area contributed by atoms with Crippen LogP contribution in [0, 0.1) is 0 Å². The lowest BCUT2D eigenvalue weighted by Gasteiger charge is -2.35. The van der Waals surface area contributed by atoms with Crippen LogP contribution in [0.4, 0.5) is 0 Å². The molecule has 110 valence electrons. The van der Waals surface area contributed by atoms with Gasteiger partial charge in [-0.3, -0.25) is 4.90 Å². The first kappa shape index (κ1) is 13.3. The van der Waals surface area contributed by atoms with Gasteiger partial charge in [0.2, 0.25) is 0 Å². The van der Waals surface area contributed by atoms with Gasteiger partial charge in [0.15, 0.2) is 0 Å². The third-order valence-corrected chi connectivity index (χ3v) is 5.32. The molecule has 0 saturated carbocycles. The van der Waals surface area contributed by atoms with Crippen molar-refractivity contribution in [2.45, 2.75) is 50.4 Å². The molecule has 0 aliphatic carbocycles. The van der Waals surface area contributed by atoms with Crippen LogP contribution < -0.4 is 5.32 Å². The first-order valence-corrected chi connectivity index (χ1v) is 8.22. The molecule has 2 saturated heterocycles. The third kappa shape index (κ3) is 2.70. The van der Waals surface area contributed by atoms with Crippen LogP contribution in [0.1, 0.15) is 31.2 Å². The lowest BCUT2D eigenvalue weighted by atomic mass is 9.98. The van der Waals surface area contributed by atoms with E-state index in [0.29, 0.717) is 0 Å². The molecule has 2 aliphatic heterocycles. The second-order valence-corrected chi connectivity index (χ2v) is 6.86. The van der Waals surface area contributed by atoms with E-state index in [4.69, 9.17) is 0 Å². The van der Waals surface area contributed by atoms with E-state index in [1.165, 1.54) is 42.0 Å². The number of piperidine rings is 1. The summed E-state index contributed by atoms with van der Waals surface area (Å²) in [5, 5.41) is 6.43. The highest BCUT2D eigenvalue weighted by Crippen LogP contribution is 2.30. The van der Waals surface area contributed by atoms with Gasteiger partial charge in [-0.05, 0) is 55.1 Å². The van der Waals surface area contributed by atoms with Crippen molar-refractivity contribution < 1.29 is 0 Å². The highest BCUT2D eigenvalue weighted by atomic mass is 15.2. The van der Waals surface area contributed by atoms with Gasteiger partial charge in [0, 0.05) is 24.7 Å². The molecule has 0 amide bonds. The average molecular weight is 280 g/mol. The van der Waals surface area contributed by atoms with Crippen molar-refractivity contribution in [3.05, 3.63) is 48.0 Å². The van der Waals surface area contributed by atoms with Gasteiger partial charge in [-0.15, -0.1) is 0 Å². The predicted octanol–water partition coefficient (Wildman–Crippen LogP) is 3.55. The van der Waals surface area contributed by atoms with Gasteiger partial charge in [-0.1, -0.05) is 36.4 Å². The number of hydrogen-bond acceptors (Lipinski definition) is 2. The molecule has 2 heteroatoms. The highest BCUT2D eigenvalue weighted by Gasteiger charge is 2.34. The molecule has 21 heavy (non-hydrogen) atoms. The fourth-order valence-corrected chi connectivity index (χ4v) is 4.14. The highest BCUT2D eigenvalue weighted by molar-refractivity contribution is 5.82. The Kier molecular flexibility index (Phi) is 3.44. The van der Waals surface area contributed by atoms with Crippen LogP contribution >= 0.6 is 0 Å². The van der Waals surface area contributed by atoms with E-state index in [0.717, 1.165) is 24.7 Å². The minimum absolute atomic E-state index is 0.746. The largest absolute Gasteiger partial charge is 0.311 e. The summed E-state index contributed by atoms with van der Waals surface area (Å²) in [6.45, 7) is 1.06. The van der Waals surface area contributed by atoms with Crippen LogP contribution in [0.25, 0.3) is 10.8 Å². The summed E-state index contributed by atoms with van der Waals surface area (Å²) >= 11 is 0. The second kappa shape index (κ2) is 5.43. The molecule has 2 atom stereocenters. The normalized spacial score (nSPS) is 28.4. The minimum Gasteiger partial charge on any atom is -0.311 e. The Hall–Kier alpha value is -1.38. The number of hydrogen-bond donors (Lipinski definition) is 1. The summed E-state index contributed by atoms with van der Waals surface area (Å²) in [4.78, 5) is 2.57. The van der Waals surface area contributed by atoms with E-state index >= 15 is 0 Å². The quantitative estimate of drug-likeness (QED) is 0.925. The van der Waals surface area contributed by atoms with Crippen molar-refractivity contribution in [1.29, 1.82) is 0 Å². The van der Waals surface area contributed by atoms with Crippen molar-refractivity contribution in [2.24, 2.45) is 0 Å². The van der Waals surface area contributed by atoms with Crippen molar-refractivity contribution in [1.82, 2.24) is 10.2 Å². The van der Waals surface area contributed by atoms with Crippen molar-refractivity contribution in [2.75, 3.05) is 7.05 Å². The van der Waals surface area contributed by atoms with Crippen molar-refractivity contribution in [3.8, 4) is 0 Å². The summed E-state index contributed by atoms with van der Waals surface area (Å²) in [6, 6.07) is 17.8. The van der Waals surface area contributed by atoms with Gasteiger partial charge >= 0.3 is 0 Å². The average Bonchev–Trinajstić information content (AvgIpc) is 2.85. The summed E-state index contributed by atoms with van der Waals surface area (Å²) in [6.07, 6.45) is 5.40. The van der Waals surface area contributed by atoms with E-state index in [-0.39, 0.29) is 0 Å². The molecule has 1 N–H and O–H groups in total. The molecule has 0 radical (unpaired) electrons. The fraction of sp³-hybridized carbons (Fsp3) is 0.474. The second-order valence-electron chi connectivity index (χ2n) is 6.86. The number of nitrogens with zero attached hydrogens (tertiary/aromatic N) is 1. The Morgan fingerprint density at radius 1 is 1.00 bits per heavy atom. The first-order valence-electron chi connectivity index (χ1n) is 8.22. The summed E-state index contributed by atoms with van der Waals surface area (Å²) < 4.78 is 0. The van der Waals surface area contributed by atoms with E-state index in [9.17, 15) is 0 Å². The van der Waals surface area contributed by atoms with Gasteiger partial charge < -0.3 is 5.32 Å². The Morgan fingerprint density at radius 2 is 1.71 bits per heavy atom. The molecule has 2 heterocycles. The molecular formula is C19H24N2. The fourth-order valence-electron chi connectivity index (χ4n) is 4.14. The number of nitrogens with one attached hydrogen (secondary N) is 1. The van der Waals surface area contributed by atoms with E-state index in [1.54, 1.807) is 0 Å². The number of rotatable bonds is 3. The molecule has 2 bridgehead atoms. The molecule has 4 rings (SSSR count). The van der Waals surface area contributed by atoms with Crippen LogP contribution in [0.15, 0.2) is 42.5 Å². The minimum atomic E-state index is 0.746. The Bertz CT molecular complexity index is 624. The summed E-state index contributed by atoms with van der Waals surface area (Å²) in [7, 11) is 2.30. The van der Waals surface area contributed by atoms with Gasteiger partial charge in [-0.25, -0.2) is 0 Å². The molecular weight excluding hydrogens is 256 g/mol. The molecule has 2 unspecified atom stereocenters. The molecule has 2 aliphatic rings. The maximum absolute atomic E-state index is 3.74. The molecule has 2 aromatic rings. The lowest BCUT2D eigenvalue weighted by molar-refractivity contribution is 0.166. The zero-order valence-corrected chi connectivity index (χ0v) is 12.8. The molecule has 0 aromatic heterocycles. The van der Waals surface area contributed by atoms with E-state index in [2.05, 4.69) is 59.7 Å². The maximum atomic E-state index is 3.74. The standard InChI is InChI=1S/C19H24N2/c1-21(19-11-17-8-9-18(12-19)20-17)13-14-6-7-15-4-2-3-5-16(15)10-14/h2-7,10,17-20H,8-9,11-13H2,1H3. The molecule has 0 spiro atoms. The zero-order chi connectivity index (χ0) is 14.2. The monoisotopic (exact) mass is 280 g/mol. The number of fused-ring (bicyclic) bond motifs is 3. The third-order valence-electron chi connectivity index (χ3n) is 5.32. The van der Waals surface area contributed by atoms with Crippen LogP contribution in [-0.2, 0) is 6.54 Å². The smallest absolute Gasteiger partial charge is 0.0233 e. The summed E-state index contributed by atoms with van der Waals surface area (Å²) in [5.41, 5.74) is 1.43. The van der Waals surface area contributed by atoms with Crippen molar-refractivity contribution >= 4 is 10.8 Å². The van der Waals surface area contributed by atoms with Gasteiger partial charge in [0.05, 0.1) is 0 Å².